The van der Waals surface area contributed by atoms with E-state index < -0.39 is 0 Å². The van der Waals surface area contributed by atoms with Gasteiger partial charge in [-0.15, -0.1) is 10.2 Å². The number of carbonyl (C=O) groups excluding carboxylic acids is 2. The van der Waals surface area contributed by atoms with Crippen molar-refractivity contribution in [2.24, 2.45) is 5.41 Å². The zero-order valence-electron chi connectivity index (χ0n) is 24.8. The number of phenols is 1. The average molecular weight is 583 g/mol. The fraction of sp³-hybridized carbons (Fsp3) is 0.394. The van der Waals surface area contributed by atoms with Crippen molar-refractivity contribution in [1.29, 1.82) is 0 Å². The van der Waals surface area contributed by atoms with Crippen LogP contribution in [0.3, 0.4) is 0 Å². The van der Waals surface area contributed by atoms with Gasteiger partial charge in [-0.1, -0.05) is 26.0 Å². The molecule has 43 heavy (non-hydrogen) atoms. The molecule has 224 valence electrons. The third-order valence-corrected chi connectivity index (χ3v) is 9.28. The number of furan rings is 1. The Balaban J connectivity index is 1.07. The molecule has 2 atom stereocenters. The second-order valence-corrected chi connectivity index (χ2v) is 12.7. The molecule has 4 heterocycles. The molecule has 4 aromatic rings. The average Bonchev–Trinajstić information content (AvgIpc) is 3.78. The highest BCUT2D eigenvalue weighted by molar-refractivity contribution is 6.04. The molecule has 0 aliphatic carbocycles. The van der Waals surface area contributed by atoms with Gasteiger partial charge in [0.1, 0.15) is 18.4 Å². The van der Waals surface area contributed by atoms with E-state index in [2.05, 4.69) is 34.7 Å². The number of phenolic OH excluding ortho intramolecular Hbond substituents is 1. The number of hydrogen-bond acceptors (Lipinski definition) is 7. The molecule has 2 aliphatic rings. The number of aromatic nitrogens is 3. The predicted molar refractivity (Wildman–Crippen MR) is 162 cm³/mol. The van der Waals surface area contributed by atoms with Gasteiger partial charge >= 0.3 is 0 Å². The lowest BCUT2D eigenvalue weighted by atomic mass is 9.73. The lowest BCUT2D eigenvalue weighted by Gasteiger charge is -2.41. The summed E-state index contributed by atoms with van der Waals surface area (Å²) < 4.78 is 6.92. The van der Waals surface area contributed by atoms with Crippen molar-refractivity contribution in [1.82, 2.24) is 25.0 Å². The molecule has 2 saturated heterocycles. The Hall–Kier alpha value is -4.44. The number of nitrogens with one attached hydrogen (secondary N) is 2. The molecule has 3 N–H and O–H groups in total. The molecular formula is C33H38N6O4. The molecule has 0 radical (unpaired) electrons. The van der Waals surface area contributed by atoms with Gasteiger partial charge in [0, 0.05) is 42.3 Å². The highest BCUT2D eigenvalue weighted by Gasteiger charge is 2.43. The van der Waals surface area contributed by atoms with Crippen LogP contribution in [0.4, 0.5) is 5.69 Å². The fourth-order valence-corrected chi connectivity index (χ4v) is 6.64. The zero-order chi connectivity index (χ0) is 30.2. The first-order chi connectivity index (χ1) is 20.6. The molecule has 0 bridgehead atoms. The van der Waals surface area contributed by atoms with Crippen molar-refractivity contribution in [2.75, 3.05) is 25.0 Å². The normalized spacial score (nSPS) is 20.4. The first-order valence-electron chi connectivity index (χ1n) is 14.8. The maximum atomic E-state index is 13.7. The van der Waals surface area contributed by atoms with Crippen LogP contribution < -0.4 is 10.6 Å². The monoisotopic (exact) mass is 582 g/mol. The summed E-state index contributed by atoms with van der Waals surface area (Å²) in [5.41, 5.74) is 3.72. The van der Waals surface area contributed by atoms with Gasteiger partial charge < -0.3 is 25.1 Å². The van der Waals surface area contributed by atoms with E-state index in [0.717, 1.165) is 56.4 Å². The number of likely N-dealkylation sites (tertiary alicyclic amines) is 1. The summed E-state index contributed by atoms with van der Waals surface area (Å²) in [6, 6.07) is 14.8. The van der Waals surface area contributed by atoms with Crippen LogP contribution in [-0.4, -0.2) is 62.3 Å². The smallest absolute Gasteiger partial charge is 0.291 e. The Labute approximate surface area is 251 Å². The van der Waals surface area contributed by atoms with Crippen molar-refractivity contribution in [3.8, 4) is 11.4 Å². The van der Waals surface area contributed by atoms with Crippen LogP contribution in [0.25, 0.3) is 5.69 Å². The van der Waals surface area contributed by atoms with Gasteiger partial charge in [0.05, 0.1) is 12.0 Å². The Morgan fingerprint density at radius 2 is 1.95 bits per heavy atom. The van der Waals surface area contributed by atoms with E-state index in [9.17, 15) is 14.7 Å². The van der Waals surface area contributed by atoms with Crippen LogP contribution >= 0.6 is 0 Å². The number of rotatable bonds is 7. The van der Waals surface area contributed by atoms with Gasteiger partial charge in [0.2, 0.25) is 0 Å². The number of amides is 2. The Bertz CT molecular complexity index is 1600. The molecule has 2 unspecified atom stereocenters. The molecule has 2 aromatic heterocycles. The topological polar surface area (TPSA) is 126 Å². The molecule has 6 rings (SSSR count). The second kappa shape index (κ2) is 11.3. The Morgan fingerprint density at radius 1 is 1.14 bits per heavy atom. The number of benzene rings is 2. The van der Waals surface area contributed by atoms with Gasteiger partial charge in [0.15, 0.2) is 5.76 Å². The van der Waals surface area contributed by atoms with E-state index in [-0.39, 0.29) is 34.2 Å². The maximum absolute atomic E-state index is 13.7. The third kappa shape index (κ3) is 5.79. The third-order valence-electron chi connectivity index (χ3n) is 9.28. The molecule has 2 aromatic carbocycles. The number of carbonyl (C=O) groups is 2. The van der Waals surface area contributed by atoms with Crippen LogP contribution in [0.2, 0.25) is 0 Å². The molecule has 0 saturated carbocycles. The van der Waals surface area contributed by atoms with Gasteiger partial charge in [-0.2, -0.15) is 0 Å². The standard InChI is InChI=1S/C33H38N6O4/c1-22-25(6-4-7-26(22)37-30(41)29-8-5-15-43-29)31(42)38-14-13-33(19-38)12-11-24(34-18-33)17-32(2,3)23-9-10-28(40)27(16-23)39-20-35-36-21-39/h4-10,15-16,20-21,24,34,40H,11-14,17-19H2,1-3H3,(H,37,41). The highest BCUT2D eigenvalue weighted by atomic mass is 16.3. The first kappa shape index (κ1) is 28.7. The van der Waals surface area contributed by atoms with E-state index in [1.54, 1.807) is 41.5 Å². The molecule has 10 heteroatoms. The van der Waals surface area contributed by atoms with Crippen LogP contribution in [0.5, 0.6) is 5.75 Å². The van der Waals surface area contributed by atoms with Crippen LogP contribution in [0.1, 0.15) is 71.6 Å². The van der Waals surface area contributed by atoms with E-state index in [1.165, 1.54) is 6.26 Å². The molecule has 2 aliphatic heterocycles. The largest absolute Gasteiger partial charge is 0.506 e. The Morgan fingerprint density at radius 3 is 2.67 bits per heavy atom. The fourth-order valence-electron chi connectivity index (χ4n) is 6.64. The summed E-state index contributed by atoms with van der Waals surface area (Å²) in [6.45, 7) is 8.66. The maximum Gasteiger partial charge on any atom is 0.291 e. The summed E-state index contributed by atoms with van der Waals surface area (Å²) in [7, 11) is 0. The molecule has 10 nitrogen and oxygen atoms in total. The zero-order valence-corrected chi connectivity index (χ0v) is 24.8. The quantitative estimate of drug-likeness (QED) is 0.278. The minimum atomic E-state index is -0.342. The van der Waals surface area contributed by atoms with E-state index in [1.807, 2.05) is 36.1 Å². The Kier molecular flexibility index (Phi) is 7.56. The summed E-state index contributed by atoms with van der Waals surface area (Å²) in [5, 5.41) is 24.8. The first-order valence-corrected chi connectivity index (χ1v) is 14.8. The molecule has 2 fully saturated rings. The minimum Gasteiger partial charge on any atom is -0.506 e. The summed E-state index contributed by atoms with van der Waals surface area (Å²) >= 11 is 0. The van der Waals surface area contributed by atoms with Crippen molar-refractivity contribution in [3.63, 3.8) is 0 Å². The summed E-state index contributed by atoms with van der Waals surface area (Å²) in [5.74, 6) is 0.0788. The number of anilines is 1. The SMILES string of the molecule is Cc1c(NC(=O)c2ccco2)cccc1C(=O)N1CCC2(CCC(CC(C)(C)c3ccc(O)c(-n4cnnc4)c3)NC2)C1. The van der Waals surface area contributed by atoms with E-state index in [4.69, 9.17) is 4.42 Å². The summed E-state index contributed by atoms with van der Waals surface area (Å²) in [6.07, 6.45) is 8.65. The van der Waals surface area contributed by atoms with Crippen molar-refractivity contribution in [2.45, 2.75) is 57.9 Å². The van der Waals surface area contributed by atoms with Crippen LogP contribution in [-0.2, 0) is 5.41 Å². The van der Waals surface area contributed by atoms with Crippen LogP contribution in [0.15, 0.2) is 71.9 Å². The molecule has 1 spiro atoms. The molecule has 2 amide bonds. The summed E-state index contributed by atoms with van der Waals surface area (Å²) in [4.78, 5) is 28.1. The van der Waals surface area contributed by atoms with Gasteiger partial charge in [-0.3, -0.25) is 14.2 Å². The van der Waals surface area contributed by atoms with E-state index >= 15 is 0 Å². The minimum absolute atomic E-state index is 0.00274. The lowest BCUT2D eigenvalue weighted by molar-refractivity contribution is 0.0755. The van der Waals surface area contributed by atoms with Gasteiger partial charge in [-0.25, -0.2) is 0 Å². The van der Waals surface area contributed by atoms with Crippen molar-refractivity contribution < 1.29 is 19.1 Å². The van der Waals surface area contributed by atoms with Crippen LogP contribution in [0, 0.1) is 12.3 Å². The number of aromatic hydroxyl groups is 1. The highest BCUT2D eigenvalue weighted by Crippen LogP contribution is 2.41. The predicted octanol–water partition coefficient (Wildman–Crippen LogP) is 5.08. The molecular weight excluding hydrogens is 544 g/mol. The van der Waals surface area contributed by atoms with Gasteiger partial charge in [0.25, 0.3) is 11.8 Å². The second-order valence-electron chi connectivity index (χ2n) is 12.7. The number of piperidine rings is 1. The van der Waals surface area contributed by atoms with Crippen molar-refractivity contribution >= 4 is 17.5 Å². The lowest BCUT2D eigenvalue weighted by Crippen LogP contribution is -2.49. The number of nitrogens with zero attached hydrogens (tertiary/aromatic N) is 4. The van der Waals surface area contributed by atoms with E-state index in [0.29, 0.717) is 23.0 Å². The van der Waals surface area contributed by atoms with Gasteiger partial charge in [-0.05, 0) is 85.5 Å². The number of hydrogen-bond donors (Lipinski definition) is 3. The van der Waals surface area contributed by atoms with Crippen molar-refractivity contribution in [3.05, 3.63) is 89.9 Å².